The number of hydrogen-bond acceptors (Lipinski definition) is 3. The lowest BCUT2D eigenvalue weighted by atomic mass is 10.0. The molecule has 3 rings (SSSR count). The SMILES string of the molecule is CCOc1ccc(C2CCCN2C(=O)/C=C/c2ccccn2)cc1. The van der Waals surface area contributed by atoms with Crippen LogP contribution in [-0.4, -0.2) is 28.9 Å². The van der Waals surface area contributed by atoms with Crippen molar-refractivity contribution in [1.82, 2.24) is 9.88 Å². The lowest BCUT2D eigenvalue weighted by Crippen LogP contribution is -2.28. The molecule has 1 aliphatic rings. The van der Waals surface area contributed by atoms with Crippen LogP contribution in [0.5, 0.6) is 5.75 Å². The molecular weight excluding hydrogens is 300 g/mol. The Bertz CT molecular complexity index is 695. The van der Waals surface area contributed by atoms with Gasteiger partial charge < -0.3 is 9.64 Å². The molecule has 4 nitrogen and oxygen atoms in total. The van der Waals surface area contributed by atoms with E-state index in [4.69, 9.17) is 4.74 Å². The minimum atomic E-state index is 0.0389. The number of nitrogens with zero attached hydrogens (tertiary/aromatic N) is 2. The number of hydrogen-bond donors (Lipinski definition) is 0. The Morgan fingerprint density at radius 2 is 2.12 bits per heavy atom. The average molecular weight is 322 g/mol. The molecule has 1 fully saturated rings. The summed E-state index contributed by atoms with van der Waals surface area (Å²) in [5, 5.41) is 0. The highest BCUT2D eigenvalue weighted by molar-refractivity contribution is 5.92. The van der Waals surface area contributed by atoms with Gasteiger partial charge in [-0.15, -0.1) is 0 Å². The van der Waals surface area contributed by atoms with Gasteiger partial charge in [-0.2, -0.15) is 0 Å². The summed E-state index contributed by atoms with van der Waals surface area (Å²) in [7, 11) is 0. The van der Waals surface area contributed by atoms with Crippen LogP contribution in [0.1, 0.15) is 37.1 Å². The van der Waals surface area contributed by atoms with Crippen molar-refractivity contribution in [3.63, 3.8) is 0 Å². The van der Waals surface area contributed by atoms with Crippen LogP contribution in [0.2, 0.25) is 0 Å². The highest BCUT2D eigenvalue weighted by atomic mass is 16.5. The number of benzene rings is 1. The molecule has 0 aliphatic carbocycles. The van der Waals surface area contributed by atoms with Crippen LogP contribution in [0.25, 0.3) is 6.08 Å². The summed E-state index contributed by atoms with van der Waals surface area (Å²) in [6.07, 6.45) is 7.14. The molecular formula is C20H22N2O2. The van der Waals surface area contributed by atoms with Gasteiger partial charge in [0.25, 0.3) is 0 Å². The van der Waals surface area contributed by atoms with E-state index in [2.05, 4.69) is 17.1 Å². The van der Waals surface area contributed by atoms with Crippen molar-refractivity contribution >= 4 is 12.0 Å². The molecule has 1 saturated heterocycles. The van der Waals surface area contributed by atoms with E-state index in [-0.39, 0.29) is 11.9 Å². The molecule has 0 saturated carbocycles. The summed E-state index contributed by atoms with van der Waals surface area (Å²) in [4.78, 5) is 18.7. The molecule has 124 valence electrons. The van der Waals surface area contributed by atoms with Crippen molar-refractivity contribution in [2.75, 3.05) is 13.2 Å². The van der Waals surface area contributed by atoms with Crippen molar-refractivity contribution in [3.8, 4) is 5.75 Å². The molecule has 2 heterocycles. The predicted molar refractivity (Wildman–Crippen MR) is 94.6 cm³/mol. The van der Waals surface area contributed by atoms with E-state index in [0.29, 0.717) is 6.61 Å². The van der Waals surface area contributed by atoms with Gasteiger partial charge in [0.15, 0.2) is 0 Å². The first kappa shape index (κ1) is 16.2. The quantitative estimate of drug-likeness (QED) is 0.785. The van der Waals surface area contributed by atoms with E-state index in [1.165, 1.54) is 0 Å². The van der Waals surface area contributed by atoms with Crippen LogP contribution >= 0.6 is 0 Å². The monoisotopic (exact) mass is 322 g/mol. The fourth-order valence-corrected chi connectivity index (χ4v) is 3.06. The molecule has 1 amide bonds. The Kier molecular flexibility index (Phi) is 5.26. The van der Waals surface area contributed by atoms with Gasteiger partial charge in [0, 0.05) is 18.8 Å². The predicted octanol–water partition coefficient (Wildman–Crippen LogP) is 3.86. The maximum absolute atomic E-state index is 12.6. The molecule has 1 atom stereocenters. The second-order valence-corrected chi connectivity index (χ2v) is 5.78. The summed E-state index contributed by atoms with van der Waals surface area (Å²) in [6, 6.07) is 13.9. The highest BCUT2D eigenvalue weighted by Crippen LogP contribution is 2.33. The van der Waals surface area contributed by atoms with Gasteiger partial charge in [0.2, 0.25) is 5.91 Å². The van der Waals surface area contributed by atoms with Crippen LogP contribution in [0.15, 0.2) is 54.7 Å². The summed E-state index contributed by atoms with van der Waals surface area (Å²) in [5.41, 5.74) is 1.96. The van der Waals surface area contributed by atoms with Crippen LogP contribution in [0, 0.1) is 0 Å². The number of ether oxygens (including phenoxy) is 1. The third kappa shape index (κ3) is 3.82. The Hall–Kier alpha value is -2.62. The van der Waals surface area contributed by atoms with Gasteiger partial charge in [-0.3, -0.25) is 9.78 Å². The maximum atomic E-state index is 12.6. The minimum Gasteiger partial charge on any atom is -0.494 e. The third-order valence-electron chi connectivity index (χ3n) is 4.20. The second-order valence-electron chi connectivity index (χ2n) is 5.78. The van der Waals surface area contributed by atoms with Gasteiger partial charge in [-0.25, -0.2) is 0 Å². The molecule has 1 aromatic heterocycles. The minimum absolute atomic E-state index is 0.0389. The maximum Gasteiger partial charge on any atom is 0.247 e. The van der Waals surface area contributed by atoms with Gasteiger partial charge in [0.05, 0.1) is 18.3 Å². The topological polar surface area (TPSA) is 42.4 Å². The van der Waals surface area contributed by atoms with Crippen molar-refractivity contribution in [1.29, 1.82) is 0 Å². The zero-order chi connectivity index (χ0) is 16.8. The van der Waals surface area contributed by atoms with Gasteiger partial charge in [-0.1, -0.05) is 18.2 Å². The van der Waals surface area contributed by atoms with E-state index < -0.39 is 0 Å². The molecule has 2 aromatic rings. The van der Waals surface area contributed by atoms with Crippen molar-refractivity contribution in [2.24, 2.45) is 0 Å². The number of likely N-dealkylation sites (tertiary alicyclic amines) is 1. The van der Waals surface area contributed by atoms with Crippen molar-refractivity contribution in [2.45, 2.75) is 25.8 Å². The standard InChI is InChI=1S/C20H22N2O2/c1-2-24-18-11-8-16(9-12-18)19-7-5-15-22(19)20(23)13-10-17-6-3-4-14-21-17/h3-4,6,8-14,19H,2,5,7,15H2,1H3/b13-10+. The van der Waals surface area contributed by atoms with Gasteiger partial charge in [-0.05, 0) is 55.7 Å². The van der Waals surface area contributed by atoms with Crippen LogP contribution < -0.4 is 4.74 Å². The molecule has 0 bridgehead atoms. The third-order valence-corrected chi connectivity index (χ3v) is 4.20. The first-order chi connectivity index (χ1) is 11.8. The Labute approximate surface area is 142 Å². The summed E-state index contributed by atoms with van der Waals surface area (Å²) in [6.45, 7) is 3.42. The molecule has 24 heavy (non-hydrogen) atoms. The Balaban J connectivity index is 1.70. The highest BCUT2D eigenvalue weighted by Gasteiger charge is 2.28. The Morgan fingerprint density at radius 3 is 2.83 bits per heavy atom. The molecule has 0 radical (unpaired) electrons. The summed E-state index contributed by atoms with van der Waals surface area (Å²) < 4.78 is 5.49. The van der Waals surface area contributed by atoms with Crippen molar-refractivity contribution < 1.29 is 9.53 Å². The Morgan fingerprint density at radius 1 is 1.29 bits per heavy atom. The summed E-state index contributed by atoms with van der Waals surface area (Å²) >= 11 is 0. The number of pyridine rings is 1. The largest absolute Gasteiger partial charge is 0.494 e. The zero-order valence-electron chi connectivity index (χ0n) is 13.9. The van der Waals surface area contributed by atoms with Gasteiger partial charge >= 0.3 is 0 Å². The molecule has 0 spiro atoms. The van der Waals surface area contributed by atoms with Crippen LogP contribution in [-0.2, 0) is 4.79 Å². The van der Waals surface area contributed by atoms with E-state index >= 15 is 0 Å². The van der Waals surface area contributed by atoms with E-state index in [9.17, 15) is 4.79 Å². The molecule has 1 aliphatic heterocycles. The lowest BCUT2D eigenvalue weighted by molar-refractivity contribution is -0.126. The number of aromatic nitrogens is 1. The summed E-state index contributed by atoms with van der Waals surface area (Å²) in [5.74, 6) is 0.907. The number of amides is 1. The normalized spacial score (nSPS) is 17.4. The smallest absolute Gasteiger partial charge is 0.247 e. The molecule has 4 heteroatoms. The van der Waals surface area contributed by atoms with Crippen LogP contribution in [0.3, 0.4) is 0 Å². The molecule has 0 N–H and O–H groups in total. The zero-order valence-corrected chi connectivity index (χ0v) is 13.9. The number of carbonyl (C=O) groups excluding carboxylic acids is 1. The molecule has 1 aromatic carbocycles. The first-order valence-electron chi connectivity index (χ1n) is 8.40. The van der Waals surface area contributed by atoms with E-state index in [1.54, 1.807) is 18.3 Å². The first-order valence-corrected chi connectivity index (χ1v) is 8.40. The number of rotatable bonds is 5. The number of carbonyl (C=O) groups is 1. The second kappa shape index (κ2) is 7.77. The average Bonchev–Trinajstić information content (AvgIpc) is 3.11. The fraction of sp³-hybridized carbons (Fsp3) is 0.300. The lowest BCUT2D eigenvalue weighted by Gasteiger charge is -2.24. The van der Waals surface area contributed by atoms with Crippen molar-refractivity contribution in [3.05, 3.63) is 66.0 Å². The fourth-order valence-electron chi connectivity index (χ4n) is 3.06. The van der Waals surface area contributed by atoms with E-state index in [0.717, 1.165) is 36.4 Å². The molecule has 1 unspecified atom stereocenters. The van der Waals surface area contributed by atoms with Crippen LogP contribution in [0.4, 0.5) is 0 Å². The van der Waals surface area contributed by atoms with Gasteiger partial charge in [0.1, 0.15) is 5.75 Å². The van der Waals surface area contributed by atoms with E-state index in [1.807, 2.05) is 42.2 Å².